The highest BCUT2D eigenvalue weighted by atomic mass is 35.5. The summed E-state index contributed by atoms with van der Waals surface area (Å²) in [5.41, 5.74) is 1.41. The molecule has 1 fully saturated rings. The van der Waals surface area contributed by atoms with Crippen LogP contribution in [0.4, 0.5) is 0 Å². The number of fused-ring (bicyclic) bond motifs is 1. The number of hydrogen-bond donors (Lipinski definition) is 2. The van der Waals surface area contributed by atoms with Crippen LogP contribution in [0.25, 0.3) is 0 Å². The highest BCUT2D eigenvalue weighted by Crippen LogP contribution is 2.41. The van der Waals surface area contributed by atoms with E-state index in [1.807, 2.05) is 18.2 Å². The van der Waals surface area contributed by atoms with Crippen LogP contribution >= 0.6 is 11.6 Å². The highest BCUT2D eigenvalue weighted by Gasteiger charge is 2.42. The first-order chi connectivity index (χ1) is 14.5. The lowest BCUT2D eigenvalue weighted by atomic mass is 9.87. The van der Waals surface area contributed by atoms with Gasteiger partial charge in [0.05, 0.1) is 11.8 Å². The number of β-amino-alcohol motifs (C(OH)–C–C–N with tert-alkyl or cyclic N) is 1. The van der Waals surface area contributed by atoms with Crippen molar-refractivity contribution in [1.82, 2.24) is 15.2 Å². The number of benzene rings is 1. The van der Waals surface area contributed by atoms with Crippen LogP contribution in [0.2, 0.25) is 5.02 Å². The molecule has 8 heteroatoms. The van der Waals surface area contributed by atoms with Crippen molar-refractivity contribution in [3.63, 3.8) is 0 Å². The van der Waals surface area contributed by atoms with Crippen LogP contribution in [0.5, 0.6) is 11.5 Å². The van der Waals surface area contributed by atoms with Crippen molar-refractivity contribution in [2.45, 2.75) is 31.0 Å². The fourth-order valence-electron chi connectivity index (χ4n) is 4.18. The molecular weight excluding hydrogens is 406 g/mol. The lowest BCUT2D eigenvalue weighted by Crippen LogP contribution is -2.49. The van der Waals surface area contributed by atoms with Gasteiger partial charge in [0.15, 0.2) is 0 Å². The van der Waals surface area contributed by atoms with Gasteiger partial charge in [0.25, 0.3) is 5.91 Å². The summed E-state index contributed by atoms with van der Waals surface area (Å²) in [6.45, 7) is 2.28. The van der Waals surface area contributed by atoms with Crippen LogP contribution in [0.1, 0.15) is 28.8 Å². The first kappa shape index (κ1) is 20.9. The Kier molecular flexibility index (Phi) is 6.13. The number of hydrogen-bond acceptors (Lipinski definition) is 6. The quantitative estimate of drug-likeness (QED) is 0.730. The zero-order valence-corrected chi connectivity index (χ0v) is 17.7. The van der Waals surface area contributed by atoms with Gasteiger partial charge in [0.2, 0.25) is 0 Å². The van der Waals surface area contributed by atoms with Crippen LogP contribution < -0.4 is 14.8 Å². The Balaban J connectivity index is 1.27. The smallest absolute Gasteiger partial charge is 0.254 e. The molecular formula is C22H26ClN3O4. The molecule has 1 atom stereocenters. The molecule has 7 nitrogen and oxygen atoms in total. The van der Waals surface area contributed by atoms with Crippen LogP contribution in [-0.4, -0.2) is 65.9 Å². The Morgan fingerprint density at radius 1 is 1.40 bits per heavy atom. The molecule has 1 amide bonds. The largest absolute Gasteiger partial charge is 0.488 e. The lowest BCUT2D eigenvalue weighted by molar-refractivity contribution is -0.00202. The Labute approximate surface area is 181 Å². The van der Waals surface area contributed by atoms with Gasteiger partial charge in [-0.1, -0.05) is 11.6 Å². The number of carbonyl (C=O) groups is 1. The number of aliphatic hydroxyl groups is 1. The van der Waals surface area contributed by atoms with Crippen molar-refractivity contribution in [3.05, 3.63) is 52.8 Å². The SMILES string of the molecule is CNC(=O)c1ccncc1OCC(O)CN1CCC2(CC1)Cc1cc(Cl)ccc1O2. The van der Waals surface area contributed by atoms with Crippen LogP contribution in [0, 0.1) is 0 Å². The summed E-state index contributed by atoms with van der Waals surface area (Å²) in [7, 11) is 1.56. The second kappa shape index (κ2) is 8.79. The molecule has 1 unspecified atom stereocenters. The molecule has 1 saturated heterocycles. The fourth-order valence-corrected chi connectivity index (χ4v) is 4.37. The minimum atomic E-state index is -0.669. The van der Waals surface area contributed by atoms with Crippen molar-refractivity contribution in [2.24, 2.45) is 0 Å². The van der Waals surface area contributed by atoms with Gasteiger partial charge in [0, 0.05) is 57.2 Å². The zero-order valence-electron chi connectivity index (χ0n) is 16.9. The minimum absolute atomic E-state index is 0.0950. The van der Waals surface area contributed by atoms with E-state index in [1.165, 1.54) is 18.0 Å². The number of carbonyl (C=O) groups excluding carboxylic acids is 1. The summed E-state index contributed by atoms with van der Waals surface area (Å²) < 4.78 is 12.0. The maximum Gasteiger partial charge on any atom is 0.254 e. The number of ether oxygens (including phenoxy) is 2. The van der Waals surface area contributed by atoms with E-state index in [1.54, 1.807) is 13.1 Å². The molecule has 3 heterocycles. The molecule has 0 bridgehead atoms. The number of pyridine rings is 1. The van der Waals surface area contributed by atoms with E-state index in [0.29, 0.717) is 17.9 Å². The predicted octanol–water partition coefficient (Wildman–Crippen LogP) is 2.30. The predicted molar refractivity (Wildman–Crippen MR) is 113 cm³/mol. The lowest BCUT2D eigenvalue weighted by Gasteiger charge is -2.39. The molecule has 2 aliphatic rings. The number of nitrogens with zero attached hydrogens (tertiary/aromatic N) is 2. The maximum absolute atomic E-state index is 11.9. The van der Waals surface area contributed by atoms with E-state index >= 15 is 0 Å². The molecule has 2 aliphatic heterocycles. The van der Waals surface area contributed by atoms with Crippen LogP contribution in [0.3, 0.4) is 0 Å². The zero-order chi connectivity index (χ0) is 21.1. The van der Waals surface area contributed by atoms with Gasteiger partial charge in [-0.3, -0.25) is 9.78 Å². The third kappa shape index (κ3) is 4.53. The van der Waals surface area contributed by atoms with Crippen molar-refractivity contribution < 1.29 is 19.4 Å². The molecule has 1 aromatic heterocycles. The molecule has 30 heavy (non-hydrogen) atoms. The molecule has 1 spiro atoms. The average molecular weight is 432 g/mol. The van der Waals surface area contributed by atoms with E-state index in [4.69, 9.17) is 21.1 Å². The van der Waals surface area contributed by atoms with Gasteiger partial charge < -0.3 is 24.8 Å². The van der Waals surface area contributed by atoms with Crippen LogP contribution in [0.15, 0.2) is 36.7 Å². The number of halogens is 1. The molecule has 2 aromatic rings. The average Bonchev–Trinajstić information content (AvgIpc) is 3.10. The molecule has 0 saturated carbocycles. The topological polar surface area (TPSA) is 83.9 Å². The molecule has 0 radical (unpaired) electrons. The summed E-state index contributed by atoms with van der Waals surface area (Å²) in [5, 5.41) is 13.8. The first-order valence-electron chi connectivity index (χ1n) is 10.1. The van der Waals surface area contributed by atoms with Gasteiger partial charge in [-0.15, -0.1) is 0 Å². The molecule has 4 rings (SSSR count). The van der Waals surface area contributed by atoms with Crippen molar-refractivity contribution in [3.8, 4) is 11.5 Å². The highest BCUT2D eigenvalue weighted by molar-refractivity contribution is 6.30. The van der Waals surface area contributed by atoms with E-state index in [9.17, 15) is 9.90 Å². The van der Waals surface area contributed by atoms with Crippen molar-refractivity contribution >= 4 is 17.5 Å². The minimum Gasteiger partial charge on any atom is -0.488 e. The monoisotopic (exact) mass is 431 g/mol. The van der Waals surface area contributed by atoms with E-state index < -0.39 is 6.10 Å². The fraction of sp³-hybridized carbons (Fsp3) is 0.455. The molecule has 0 aliphatic carbocycles. The number of rotatable bonds is 6. The summed E-state index contributed by atoms with van der Waals surface area (Å²) in [6, 6.07) is 7.40. The second-order valence-corrected chi connectivity index (χ2v) is 8.37. The molecule has 160 valence electrons. The maximum atomic E-state index is 11.9. The number of aromatic nitrogens is 1. The van der Waals surface area contributed by atoms with Gasteiger partial charge in [-0.25, -0.2) is 0 Å². The molecule has 2 N–H and O–H groups in total. The number of amides is 1. The second-order valence-electron chi connectivity index (χ2n) is 7.93. The normalized spacial score (nSPS) is 18.5. The van der Waals surface area contributed by atoms with Gasteiger partial charge >= 0.3 is 0 Å². The number of aliphatic hydroxyl groups excluding tert-OH is 1. The summed E-state index contributed by atoms with van der Waals surface area (Å²) in [6.07, 6.45) is 5.04. The van der Waals surface area contributed by atoms with E-state index in [0.717, 1.165) is 43.1 Å². The van der Waals surface area contributed by atoms with Crippen LogP contribution in [-0.2, 0) is 6.42 Å². The summed E-state index contributed by atoms with van der Waals surface area (Å²) in [5.74, 6) is 1.05. The van der Waals surface area contributed by atoms with Crippen molar-refractivity contribution in [1.29, 1.82) is 0 Å². The van der Waals surface area contributed by atoms with Gasteiger partial charge in [-0.2, -0.15) is 0 Å². The standard InChI is InChI=1S/C22H26ClN3O4/c1-24-21(28)18-4-7-25-12-20(18)29-14-17(27)13-26-8-5-22(6-9-26)11-15-10-16(23)2-3-19(15)30-22/h2-4,7,10,12,17,27H,5-6,8-9,11,13-14H2,1H3,(H,24,28). The summed E-state index contributed by atoms with van der Waals surface area (Å²) in [4.78, 5) is 18.1. The Morgan fingerprint density at radius 2 is 2.20 bits per heavy atom. The van der Waals surface area contributed by atoms with E-state index in [-0.39, 0.29) is 18.1 Å². The first-order valence-corrected chi connectivity index (χ1v) is 10.5. The number of nitrogens with one attached hydrogen (secondary N) is 1. The van der Waals surface area contributed by atoms with Gasteiger partial charge in [0.1, 0.15) is 29.8 Å². The number of piperidine rings is 1. The van der Waals surface area contributed by atoms with Gasteiger partial charge in [-0.05, 0) is 29.8 Å². The third-order valence-electron chi connectivity index (χ3n) is 5.79. The van der Waals surface area contributed by atoms with E-state index in [2.05, 4.69) is 15.2 Å². The summed E-state index contributed by atoms with van der Waals surface area (Å²) >= 11 is 6.11. The van der Waals surface area contributed by atoms with Crippen molar-refractivity contribution in [2.75, 3.05) is 33.3 Å². The Hall–Kier alpha value is -2.35. The Bertz CT molecular complexity index is 915. The third-order valence-corrected chi connectivity index (χ3v) is 6.02. The molecule has 1 aromatic carbocycles. The Morgan fingerprint density at radius 3 is 2.97 bits per heavy atom. The number of likely N-dealkylation sites (tertiary alicyclic amines) is 1.